The Bertz CT molecular complexity index is 186. The first kappa shape index (κ1) is 9.70. The smallest absolute Gasteiger partial charge is 0.0100 e. The minimum Gasteiger partial charge on any atom is -0.106 e. The van der Waals surface area contributed by atoms with E-state index in [0.29, 0.717) is 0 Å². The number of benzene rings is 1. The zero-order chi connectivity index (χ0) is 8.53. The van der Waals surface area contributed by atoms with Crippen molar-refractivity contribution in [2.75, 3.05) is 0 Å². The van der Waals surface area contributed by atoms with Crippen LogP contribution in [0.25, 0.3) is 0 Å². The van der Waals surface area contributed by atoms with E-state index >= 15 is 0 Å². The van der Waals surface area contributed by atoms with Crippen molar-refractivity contribution in [1.29, 1.82) is 0 Å². The van der Waals surface area contributed by atoms with Crippen molar-refractivity contribution >= 4 is 0 Å². The first-order valence-corrected chi connectivity index (χ1v) is 3.58. The van der Waals surface area contributed by atoms with Gasteiger partial charge in [-0.2, -0.15) is 0 Å². The minimum absolute atomic E-state index is 0.973. The van der Waals surface area contributed by atoms with Gasteiger partial charge in [-0.25, -0.2) is 0 Å². The van der Waals surface area contributed by atoms with E-state index in [4.69, 9.17) is 0 Å². The molecular formula is C11H14. The van der Waals surface area contributed by atoms with Crippen LogP contribution in [0.3, 0.4) is 0 Å². The molecule has 0 fully saturated rings. The zero-order valence-corrected chi connectivity index (χ0v) is 6.79. The summed E-state index contributed by atoms with van der Waals surface area (Å²) in [6.07, 6.45) is 2.89. The molecule has 0 nitrogen and oxygen atoms in total. The largest absolute Gasteiger partial charge is 0.106 e. The fraction of sp³-hybridized carbons (Fsp3) is 0.0909. The lowest BCUT2D eigenvalue weighted by Crippen LogP contribution is -1.75. The van der Waals surface area contributed by atoms with Crippen molar-refractivity contribution in [3.05, 3.63) is 61.7 Å². The molecule has 0 aliphatic carbocycles. The van der Waals surface area contributed by atoms with E-state index in [0.717, 1.165) is 6.42 Å². The van der Waals surface area contributed by atoms with Crippen LogP contribution in [0.4, 0.5) is 0 Å². The molecule has 1 aromatic carbocycles. The van der Waals surface area contributed by atoms with Crippen LogP contribution in [0.15, 0.2) is 56.1 Å². The first-order valence-electron chi connectivity index (χ1n) is 3.58. The van der Waals surface area contributed by atoms with Gasteiger partial charge in [0.05, 0.1) is 0 Å². The van der Waals surface area contributed by atoms with Crippen molar-refractivity contribution in [2.24, 2.45) is 0 Å². The summed E-state index contributed by atoms with van der Waals surface area (Å²) in [6.45, 7) is 9.66. The third kappa shape index (κ3) is 4.15. The van der Waals surface area contributed by atoms with Gasteiger partial charge in [0.2, 0.25) is 0 Å². The second-order valence-corrected chi connectivity index (χ2v) is 1.98. The molecule has 0 aromatic heterocycles. The molecule has 0 amide bonds. The van der Waals surface area contributed by atoms with Gasteiger partial charge in [0.25, 0.3) is 0 Å². The topological polar surface area (TPSA) is 0 Å². The van der Waals surface area contributed by atoms with E-state index in [1.165, 1.54) is 5.56 Å². The van der Waals surface area contributed by atoms with Crippen molar-refractivity contribution in [3.8, 4) is 0 Å². The van der Waals surface area contributed by atoms with E-state index in [1.807, 2.05) is 24.3 Å². The maximum Gasteiger partial charge on any atom is -0.0100 e. The highest BCUT2D eigenvalue weighted by Gasteiger charge is 1.82. The van der Waals surface area contributed by atoms with Gasteiger partial charge >= 0.3 is 0 Å². The Hall–Kier alpha value is -1.30. The molecule has 0 bridgehead atoms. The van der Waals surface area contributed by atoms with Crippen LogP contribution >= 0.6 is 0 Å². The molecule has 0 N–H and O–H groups in total. The number of hydrogen-bond acceptors (Lipinski definition) is 0. The Morgan fingerprint density at radius 2 is 1.64 bits per heavy atom. The SMILES string of the molecule is C=C.C=CCc1ccccc1. The maximum atomic E-state index is 3.66. The Morgan fingerprint density at radius 3 is 2.09 bits per heavy atom. The second kappa shape index (κ2) is 6.81. The van der Waals surface area contributed by atoms with Crippen molar-refractivity contribution in [1.82, 2.24) is 0 Å². The molecule has 0 unspecified atom stereocenters. The highest BCUT2D eigenvalue weighted by Crippen LogP contribution is 1.98. The van der Waals surface area contributed by atoms with Crippen molar-refractivity contribution in [2.45, 2.75) is 6.42 Å². The van der Waals surface area contributed by atoms with Gasteiger partial charge in [-0.1, -0.05) is 36.4 Å². The van der Waals surface area contributed by atoms with E-state index < -0.39 is 0 Å². The van der Waals surface area contributed by atoms with Crippen LogP contribution in [0, 0.1) is 0 Å². The second-order valence-electron chi connectivity index (χ2n) is 1.98. The maximum absolute atomic E-state index is 3.66. The van der Waals surface area contributed by atoms with E-state index in [1.54, 1.807) is 0 Å². The summed E-state index contributed by atoms with van der Waals surface area (Å²) in [5.74, 6) is 0. The number of allylic oxidation sites excluding steroid dienone is 1. The van der Waals surface area contributed by atoms with E-state index in [2.05, 4.69) is 31.9 Å². The lowest BCUT2D eigenvalue weighted by atomic mass is 10.2. The van der Waals surface area contributed by atoms with Gasteiger partial charge in [-0.05, 0) is 12.0 Å². The van der Waals surface area contributed by atoms with Gasteiger partial charge in [0, 0.05) is 0 Å². The molecule has 0 aliphatic heterocycles. The molecule has 0 spiro atoms. The molecule has 11 heavy (non-hydrogen) atoms. The van der Waals surface area contributed by atoms with Crippen LogP contribution in [0.1, 0.15) is 5.56 Å². The summed E-state index contributed by atoms with van der Waals surface area (Å²) in [4.78, 5) is 0. The molecule has 1 aromatic rings. The fourth-order valence-electron chi connectivity index (χ4n) is 0.781. The van der Waals surface area contributed by atoms with Crippen LogP contribution in [-0.2, 0) is 6.42 Å². The van der Waals surface area contributed by atoms with Crippen LogP contribution in [0.2, 0.25) is 0 Å². The Labute approximate surface area is 68.9 Å². The van der Waals surface area contributed by atoms with Gasteiger partial charge in [0.15, 0.2) is 0 Å². The van der Waals surface area contributed by atoms with Crippen LogP contribution < -0.4 is 0 Å². The van der Waals surface area contributed by atoms with Crippen LogP contribution in [0.5, 0.6) is 0 Å². The molecule has 58 valence electrons. The summed E-state index contributed by atoms with van der Waals surface area (Å²) < 4.78 is 0. The number of rotatable bonds is 2. The minimum atomic E-state index is 0.973. The Balaban J connectivity index is 0.000000461. The summed E-state index contributed by atoms with van der Waals surface area (Å²) >= 11 is 0. The Morgan fingerprint density at radius 1 is 1.09 bits per heavy atom. The van der Waals surface area contributed by atoms with Gasteiger partial charge in [-0.3, -0.25) is 0 Å². The predicted molar refractivity (Wildman–Crippen MR) is 51.6 cm³/mol. The van der Waals surface area contributed by atoms with Gasteiger partial charge in [0.1, 0.15) is 0 Å². The standard InChI is InChI=1S/C9H10.C2H4/c1-2-6-9-7-4-3-5-8-9;1-2/h2-5,7-8H,1,6H2;1-2H2. The normalized spacial score (nSPS) is 7.64. The molecule has 0 heterocycles. The summed E-state index contributed by atoms with van der Waals surface area (Å²) in [5, 5.41) is 0. The van der Waals surface area contributed by atoms with Crippen molar-refractivity contribution < 1.29 is 0 Å². The summed E-state index contributed by atoms with van der Waals surface area (Å²) in [6, 6.07) is 10.3. The summed E-state index contributed by atoms with van der Waals surface area (Å²) in [7, 11) is 0. The highest BCUT2D eigenvalue weighted by molar-refractivity contribution is 5.16. The lowest BCUT2D eigenvalue weighted by Gasteiger charge is -1.91. The Kier molecular flexibility index (Phi) is 6.01. The molecule has 0 aliphatic rings. The average Bonchev–Trinajstić information content (AvgIpc) is 2.11. The molecule has 0 saturated heterocycles. The fourth-order valence-corrected chi connectivity index (χ4v) is 0.781. The molecule has 0 radical (unpaired) electrons. The third-order valence-electron chi connectivity index (χ3n) is 1.22. The summed E-state index contributed by atoms with van der Waals surface area (Å²) in [5.41, 5.74) is 1.33. The predicted octanol–water partition coefficient (Wildman–Crippen LogP) is 3.22. The monoisotopic (exact) mass is 146 g/mol. The van der Waals surface area contributed by atoms with E-state index in [-0.39, 0.29) is 0 Å². The van der Waals surface area contributed by atoms with Crippen molar-refractivity contribution in [3.63, 3.8) is 0 Å². The molecule has 0 heteroatoms. The molecule has 0 atom stereocenters. The first-order chi connectivity index (χ1) is 5.43. The average molecular weight is 146 g/mol. The third-order valence-corrected chi connectivity index (χ3v) is 1.22. The van der Waals surface area contributed by atoms with Crippen LogP contribution in [-0.4, -0.2) is 0 Å². The van der Waals surface area contributed by atoms with Gasteiger partial charge in [-0.15, -0.1) is 19.7 Å². The molecular weight excluding hydrogens is 132 g/mol. The highest BCUT2D eigenvalue weighted by atomic mass is 13.9. The molecule has 1 rings (SSSR count). The quantitative estimate of drug-likeness (QED) is 0.562. The van der Waals surface area contributed by atoms with E-state index in [9.17, 15) is 0 Å². The molecule has 0 saturated carbocycles. The van der Waals surface area contributed by atoms with Gasteiger partial charge < -0.3 is 0 Å². The zero-order valence-electron chi connectivity index (χ0n) is 6.79. The number of hydrogen-bond donors (Lipinski definition) is 0. The lowest BCUT2D eigenvalue weighted by molar-refractivity contribution is 1.28.